The second-order valence-corrected chi connectivity index (χ2v) is 7.69. The van der Waals surface area contributed by atoms with Crippen molar-refractivity contribution in [3.8, 4) is 11.5 Å². The van der Waals surface area contributed by atoms with E-state index in [1.807, 2.05) is 24.3 Å². The van der Waals surface area contributed by atoms with Gasteiger partial charge in [0.2, 0.25) is 6.10 Å². The number of para-hydroxylation sites is 2. The molecule has 5 nitrogen and oxygen atoms in total. The number of ether oxygens (including phenoxy) is 2. The van der Waals surface area contributed by atoms with Crippen molar-refractivity contribution in [1.82, 2.24) is 5.43 Å². The van der Waals surface area contributed by atoms with Gasteiger partial charge in [-0.05, 0) is 50.2 Å². The van der Waals surface area contributed by atoms with Crippen LogP contribution in [0.2, 0.25) is 0 Å². The van der Waals surface area contributed by atoms with Crippen LogP contribution in [0, 0.1) is 11.8 Å². The van der Waals surface area contributed by atoms with Gasteiger partial charge in [-0.1, -0.05) is 37.8 Å². The van der Waals surface area contributed by atoms with E-state index in [0.717, 1.165) is 12.3 Å². The van der Waals surface area contributed by atoms with Crippen LogP contribution in [-0.2, 0) is 4.79 Å². The highest BCUT2D eigenvalue weighted by Crippen LogP contribution is 2.37. The molecule has 5 heteroatoms. The van der Waals surface area contributed by atoms with Crippen molar-refractivity contribution in [3.63, 3.8) is 0 Å². The average molecular weight is 356 g/mol. The molecule has 0 radical (unpaired) electrons. The zero-order valence-electron chi connectivity index (χ0n) is 15.3. The Labute approximate surface area is 155 Å². The average Bonchev–Trinajstić information content (AvgIpc) is 2.72. The summed E-state index contributed by atoms with van der Waals surface area (Å²) in [5.41, 5.74) is 3.95. The Bertz CT molecular complexity index is 667. The van der Waals surface area contributed by atoms with Gasteiger partial charge in [0, 0.05) is 11.6 Å². The highest BCUT2D eigenvalue weighted by atomic mass is 16.6. The summed E-state index contributed by atoms with van der Waals surface area (Å²) >= 11 is 0. The summed E-state index contributed by atoms with van der Waals surface area (Å²) in [6.07, 6.45) is 10.7. The quantitative estimate of drug-likeness (QED) is 0.831. The van der Waals surface area contributed by atoms with Gasteiger partial charge in [0.15, 0.2) is 11.5 Å². The number of carbonyl (C=O) groups excluding carboxylic acids is 1. The summed E-state index contributed by atoms with van der Waals surface area (Å²) in [7, 11) is 0. The van der Waals surface area contributed by atoms with E-state index in [9.17, 15) is 4.79 Å². The number of nitrogens with one attached hydrogen (secondary N) is 1. The van der Waals surface area contributed by atoms with E-state index < -0.39 is 6.10 Å². The molecular formula is C21H28N2O3. The van der Waals surface area contributed by atoms with E-state index in [-0.39, 0.29) is 12.5 Å². The van der Waals surface area contributed by atoms with Crippen LogP contribution in [0.5, 0.6) is 11.5 Å². The fourth-order valence-electron chi connectivity index (χ4n) is 4.55. The number of nitrogens with zero attached hydrogens (tertiary/aromatic N) is 1. The van der Waals surface area contributed by atoms with E-state index in [2.05, 4.69) is 10.5 Å². The van der Waals surface area contributed by atoms with Crippen molar-refractivity contribution in [2.24, 2.45) is 16.9 Å². The Morgan fingerprint density at radius 1 is 1.00 bits per heavy atom. The lowest BCUT2D eigenvalue weighted by Crippen LogP contribution is -2.43. The summed E-state index contributed by atoms with van der Waals surface area (Å²) in [6, 6.07) is 7.43. The van der Waals surface area contributed by atoms with Gasteiger partial charge in [-0.15, -0.1) is 0 Å². The second-order valence-electron chi connectivity index (χ2n) is 7.69. The highest BCUT2D eigenvalue weighted by Gasteiger charge is 2.31. The fourth-order valence-corrected chi connectivity index (χ4v) is 4.55. The molecule has 140 valence electrons. The van der Waals surface area contributed by atoms with E-state index in [1.54, 1.807) is 0 Å². The van der Waals surface area contributed by atoms with Gasteiger partial charge >= 0.3 is 0 Å². The molecule has 1 amide bonds. The van der Waals surface area contributed by atoms with E-state index in [4.69, 9.17) is 9.47 Å². The van der Waals surface area contributed by atoms with Crippen LogP contribution in [0.4, 0.5) is 0 Å². The monoisotopic (exact) mass is 356 g/mol. The van der Waals surface area contributed by atoms with Crippen molar-refractivity contribution in [1.29, 1.82) is 0 Å². The summed E-state index contributed by atoms with van der Waals surface area (Å²) in [5, 5.41) is 4.55. The number of benzene rings is 1. The first-order chi connectivity index (χ1) is 12.8. The van der Waals surface area contributed by atoms with E-state index in [0.29, 0.717) is 17.4 Å². The molecule has 0 bridgehead atoms. The molecule has 1 aromatic carbocycles. The molecule has 2 unspecified atom stereocenters. The second kappa shape index (κ2) is 8.11. The van der Waals surface area contributed by atoms with Crippen molar-refractivity contribution in [3.05, 3.63) is 24.3 Å². The molecule has 26 heavy (non-hydrogen) atoms. The van der Waals surface area contributed by atoms with Gasteiger partial charge in [-0.2, -0.15) is 5.10 Å². The number of hydrogen-bond acceptors (Lipinski definition) is 4. The van der Waals surface area contributed by atoms with E-state index in [1.165, 1.54) is 57.1 Å². The molecule has 0 saturated heterocycles. The van der Waals surface area contributed by atoms with Crippen LogP contribution in [0.3, 0.4) is 0 Å². The lowest BCUT2D eigenvalue weighted by atomic mass is 9.72. The lowest BCUT2D eigenvalue weighted by molar-refractivity contribution is -0.130. The lowest BCUT2D eigenvalue weighted by Gasteiger charge is -2.34. The third-order valence-corrected chi connectivity index (χ3v) is 5.96. The third kappa shape index (κ3) is 3.87. The van der Waals surface area contributed by atoms with E-state index >= 15 is 0 Å². The fraction of sp³-hybridized carbons (Fsp3) is 0.619. The van der Waals surface area contributed by atoms with Crippen molar-refractivity contribution in [2.45, 2.75) is 63.9 Å². The Morgan fingerprint density at radius 2 is 1.77 bits per heavy atom. The molecule has 3 aliphatic rings. The minimum atomic E-state index is -0.647. The van der Waals surface area contributed by atoms with Crippen LogP contribution in [0.25, 0.3) is 0 Å². The van der Waals surface area contributed by atoms with Gasteiger partial charge in [-0.25, -0.2) is 5.43 Å². The maximum absolute atomic E-state index is 12.5. The SMILES string of the molecule is O=C(NN=C1CCCCC1C1CCCCC1)C1COc2ccccc2O1. The number of hydrogen-bond donors (Lipinski definition) is 1. The number of fused-ring (bicyclic) bond motifs is 1. The minimum absolute atomic E-state index is 0.222. The summed E-state index contributed by atoms with van der Waals surface area (Å²) in [6.45, 7) is 0.222. The largest absolute Gasteiger partial charge is 0.485 e. The molecule has 4 rings (SSSR count). The Kier molecular flexibility index (Phi) is 5.42. The van der Waals surface area contributed by atoms with Crippen LogP contribution in [-0.4, -0.2) is 24.3 Å². The first kappa shape index (κ1) is 17.4. The Morgan fingerprint density at radius 3 is 2.62 bits per heavy atom. The number of rotatable bonds is 3. The van der Waals surface area contributed by atoms with Crippen LogP contribution >= 0.6 is 0 Å². The van der Waals surface area contributed by atoms with Gasteiger partial charge in [0.05, 0.1) is 0 Å². The molecule has 1 N–H and O–H groups in total. The Hall–Kier alpha value is -2.04. The third-order valence-electron chi connectivity index (χ3n) is 5.96. The molecule has 1 heterocycles. The highest BCUT2D eigenvalue weighted by molar-refractivity contribution is 5.90. The van der Waals surface area contributed by atoms with Gasteiger partial charge in [-0.3, -0.25) is 4.79 Å². The molecular weight excluding hydrogens is 328 g/mol. The molecule has 0 spiro atoms. The molecule has 2 saturated carbocycles. The number of amides is 1. The maximum Gasteiger partial charge on any atom is 0.284 e. The standard InChI is InChI=1S/C21H28N2O3/c24-21(20-14-25-18-12-6-7-13-19(18)26-20)23-22-17-11-5-4-10-16(17)15-8-2-1-3-9-15/h6-7,12-13,15-16,20H,1-5,8-11,14H2,(H,23,24). The molecule has 2 aliphatic carbocycles. The molecule has 2 fully saturated rings. The first-order valence-corrected chi connectivity index (χ1v) is 10.1. The maximum atomic E-state index is 12.5. The molecule has 1 aliphatic heterocycles. The normalized spacial score (nSPS) is 27.9. The zero-order valence-corrected chi connectivity index (χ0v) is 15.3. The van der Waals surface area contributed by atoms with Gasteiger partial charge in [0.1, 0.15) is 6.61 Å². The van der Waals surface area contributed by atoms with Crippen molar-refractivity contribution in [2.75, 3.05) is 6.61 Å². The first-order valence-electron chi connectivity index (χ1n) is 10.1. The van der Waals surface area contributed by atoms with Gasteiger partial charge < -0.3 is 9.47 Å². The number of carbonyl (C=O) groups is 1. The smallest absolute Gasteiger partial charge is 0.284 e. The van der Waals surface area contributed by atoms with Crippen LogP contribution < -0.4 is 14.9 Å². The minimum Gasteiger partial charge on any atom is -0.485 e. The van der Waals surface area contributed by atoms with Crippen LogP contribution in [0.1, 0.15) is 57.8 Å². The molecule has 2 atom stereocenters. The number of hydrazone groups is 1. The predicted molar refractivity (Wildman–Crippen MR) is 100 cm³/mol. The summed E-state index contributed by atoms with van der Waals surface area (Å²) in [4.78, 5) is 12.5. The van der Waals surface area contributed by atoms with Crippen LogP contribution in [0.15, 0.2) is 29.4 Å². The predicted octanol–water partition coefficient (Wildman–Crippen LogP) is 4.07. The van der Waals surface area contributed by atoms with Crippen molar-refractivity contribution < 1.29 is 14.3 Å². The van der Waals surface area contributed by atoms with Crippen molar-refractivity contribution >= 4 is 11.6 Å². The van der Waals surface area contributed by atoms with Gasteiger partial charge in [0.25, 0.3) is 5.91 Å². The Balaban J connectivity index is 1.39. The topological polar surface area (TPSA) is 59.9 Å². The molecule has 1 aromatic rings. The molecule has 0 aromatic heterocycles. The zero-order chi connectivity index (χ0) is 17.8. The summed E-state index contributed by atoms with van der Waals surface area (Å²) in [5.74, 6) is 2.38. The summed E-state index contributed by atoms with van der Waals surface area (Å²) < 4.78 is 11.4.